The zero-order chi connectivity index (χ0) is 20.9. The van der Waals surface area contributed by atoms with Gasteiger partial charge in [-0.1, -0.05) is 53.6 Å². The van der Waals surface area contributed by atoms with Gasteiger partial charge in [-0.25, -0.2) is 17.8 Å². The predicted octanol–water partition coefficient (Wildman–Crippen LogP) is 3.46. The fraction of sp³-hybridized carbons (Fsp3) is 0.143. The largest absolute Gasteiger partial charge is 0.268 e. The standard InChI is InChI=1S/C21H20ClN3O3S/c1-16-2-4-17(5-3-16)12-15-29(27,28)23-13-14-25-21(26)11-10-20(24-25)18-6-8-19(22)9-7-18/h2-12,15,23H,13-14H2,1H3/b15-12+. The summed E-state index contributed by atoms with van der Waals surface area (Å²) in [6.07, 6.45) is 1.52. The molecule has 3 rings (SSSR count). The molecule has 1 aromatic heterocycles. The van der Waals surface area contributed by atoms with Gasteiger partial charge in [0, 0.05) is 28.6 Å². The lowest BCUT2D eigenvalue weighted by Gasteiger charge is -2.08. The van der Waals surface area contributed by atoms with Gasteiger partial charge < -0.3 is 0 Å². The van der Waals surface area contributed by atoms with Crippen molar-refractivity contribution in [3.63, 3.8) is 0 Å². The van der Waals surface area contributed by atoms with Crippen LogP contribution in [0.1, 0.15) is 11.1 Å². The first-order valence-electron chi connectivity index (χ1n) is 8.91. The van der Waals surface area contributed by atoms with E-state index in [0.29, 0.717) is 10.7 Å². The number of aromatic nitrogens is 2. The van der Waals surface area contributed by atoms with Crippen molar-refractivity contribution < 1.29 is 8.42 Å². The first-order valence-corrected chi connectivity index (χ1v) is 10.8. The van der Waals surface area contributed by atoms with Gasteiger partial charge in [-0.2, -0.15) is 5.10 Å². The number of nitrogens with zero attached hydrogens (tertiary/aromatic N) is 2. The Balaban J connectivity index is 1.64. The van der Waals surface area contributed by atoms with E-state index < -0.39 is 10.0 Å². The Hall–Kier alpha value is -2.74. The molecule has 2 aromatic carbocycles. The molecule has 0 saturated carbocycles. The molecule has 150 valence electrons. The molecule has 0 aliphatic heterocycles. The SMILES string of the molecule is Cc1ccc(/C=C/S(=O)(=O)NCCn2nc(-c3ccc(Cl)cc3)ccc2=O)cc1. The van der Waals surface area contributed by atoms with Crippen molar-refractivity contribution >= 4 is 27.7 Å². The highest BCUT2D eigenvalue weighted by Crippen LogP contribution is 2.18. The molecule has 0 aliphatic carbocycles. The quantitative estimate of drug-likeness (QED) is 0.623. The molecule has 0 unspecified atom stereocenters. The lowest BCUT2D eigenvalue weighted by atomic mass is 10.1. The summed E-state index contributed by atoms with van der Waals surface area (Å²) in [5.41, 5.74) is 2.99. The van der Waals surface area contributed by atoms with Gasteiger partial charge in [-0.15, -0.1) is 0 Å². The van der Waals surface area contributed by atoms with Gasteiger partial charge in [-0.05, 0) is 36.8 Å². The highest BCUT2D eigenvalue weighted by molar-refractivity contribution is 7.92. The predicted molar refractivity (Wildman–Crippen MR) is 116 cm³/mol. The number of hydrogen-bond acceptors (Lipinski definition) is 4. The molecule has 3 aromatic rings. The number of benzene rings is 2. The van der Waals surface area contributed by atoms with E-state index in [1.165, 1.54) is 16.8 Å². The molecular formula is C21H20ClN3O3S. The first kappa shape index (κ1) is 21.0. The lowest BCUT2D eigenvalue weighted by Crippen LogP contribution is -2.31. The van der Waals surface area contributed by atoms with E-state index in [2.05, 4.69) is 9.82 Å². The van der Waals surface area contributed by atoms with E-state index in [0.717, 1.165) is 22.1 Å². The number of hydrogen-bond donors (Lipinski definition) is 1. The fourth-order valence-electron chi connectivity index (χ4n) is 2.57. The minimum atomic E-state index is -3.63. The smallest absolute Gasteiger partial charge is 0.266 e. The molecule has 6 nitrogen and oxygen atoms in total. The van der Waals surface area contributed by atoms with Crippen LogP contribution in [0.3, 0.4) is 0 Å². The average molecular weight is 430 g/mol. The highest BCUT2D eigenvalue weighted by Gasteiger charge is 2.07. The zero-order valence-electron chi connectivity index (χ0n) is 15.7. The second-order valence-corrected chi connectivity index (χ2v) is 8.53. The van der Waals surface area contributed by atoms with Crippen molar-refractivity contribution in [3.05, 3.63) is 92.6 Å². The van der Waals surface area contributed by atoms with E-state index in [1.54, 1.807) is 30.3 Å². The van der Waals surface area contributed by atoms with Gasteiger partial charge in [-0.3, -0.25) is 4.79 Å². The Morgan fingerprint density at radius 1 is 1.03 bits per heavy atom. The monoisotopic (exact) mass is 429 g/mol. The topological polar surface area (TPSA) is 81.1 Å². The average Bonchev–Trinajstić information content (AvgIpc) is 2.70. The Kier molecular flexibility index (Phi) is 6.64. The van der Waals surface area contributed by atoms with Crippen LogP contribution in [-0.4, -0.2) is 24.7 Å². The number of rotatable bonds is 7. The summed E-state index contributed by atoms with van der Waals surface area (Å²) < 4.78 is 28.0. The third-order valence-electron chi connectivity index (χ3n) is 4.15. The first-order chi connectivity index (χ1) is 13.8. The molecule has 1 heterocycles. The summed E-state index contributed by atoms with van der Waals surface area (Å²) >= 11 is 5.89. The summed E-state index contributed by atoms with van der Waals surface area (Å²) in [4.78, 5) is 12.0. The van der Waals surface area contributed by atoms with Gasteiger partial charge in [0.2, 0.25) is 10.0 Å². The third-order valence-corrected chi connectivity index (χ3v) is 5.50. The Labute approximate surface area is 174 Å². The van der Waals surface area contributed by atoms with Crippen molar-refractivity contribution in [2.75, 3.05) is 6.54 Å². The van der Waals surface area contributed by atoms with Crippen LogP contribution in [0.5, 0.6) is 0 Å². The van der Waals surface area contributed by atoms with Crippen LogP contribution in [0.4, 0.5) is 0 Å². The van der Waals surface area contributed by atoms with E-state index >= 15 is 0 Å². The van der Waals surface area contributed by atoms with Gasteiger partial charge >= 0.3 is 0 Å². The van der Waals surface area contributed by atoms with Crippen molar-refractivity contribution in [2.45, 2.75) is 13.5 Å². The molecule has 0 fully saturated rings. The Morgan fingerprint density at radius 3 is 2.41 bits per heavy atom. The molecule has 1 N–H and O–H groups in total. The van der Waals surface area contributed by atoms with Crippen molar-refractivity contribution in [1.82, 2.24) is 14.5 Å². The molecular weight excluding hydrogens is 410 g/mol. The number of aryl methyl sites for hydroxylation is 1. The van der Waals surface area contributed by atoms with Crippen LogP contribution in [0.2, 0.25) is 5.02 Å². The molecule has 0 saturated heterocycles. The molecule has 0 bridgehead atoms. The number of halogens is 1. The van der Waals surface area contributed by atoms with Crippen LogP contribution >= 0.6 is 11.6 Å². The Morgan fingerprint density at radius 2 is 1.72 bits per heavy atom. The summed E-state index contributed by atoms with van der Waals surface area (Å²) in [7, 11) is -3.63. The third kappa shape index (κ3) is 6.12. The van der Waals surface area contributed by atoms with Gasteiger partial charge in [0.15, 0.2) is 0 Å². The molecule has 8 heteroatoms. The molecule has 0 amide bonds. The maximum Gasteiger partial charge on any atom is 0.266 e. The summed E-state index contributed by atoms with van der Waals surface area (Å²) in [5, 5.41) is 6.02. The minimum Gasteiger partial charge on any atom is -0.268 e. The summed E-state index contributed by atoms with van der Waals surface area (Å²) in [5.74, 6) is 0. The van der Waals surface area contributed by atoms with E-state index in [9.17, 15) is 13.2 Å². The molecule has 0 radical (unpaired) electrons. The molecule has 29 heavy (non-hydrogen) atoms. The number of sulfonamides is 1. The van der Waals surface area contributed by atoms with Crippen molar-refractivity contribution in [2.24, 2.45) is 0 Å². The van der Waals surface area contributed by atoms with Crippen molar-refractivity contribution in [1.29, 1.82) is 0 Å². The molecule has 0 spiro atoms. The van der Waals surface area contributed by atoms with Gasteiger partial charge in [0.1, 0.15) is 0 Å². The summed E-state index contributed by atoms with van der Waals surface area (Å²) in [6.45, 7) is 2.11. The zero-order valence-corrected chi connectivity index (χ0v) is 17.3. The molecule has 0 atom stereocenters. The normalized spacial score (nSPS) is 11.8. The van der Waals surface area contributed by atoms with Crippen molar-refractivity contribution in [3.8, 4) is 11.3 Å². The second kappa shape index (κ2) is 9.17. The maximum absolute atomic E-state index is 12.1. The van der Waals surface area contributed by atoms with Crippen LogP contribution in [0, 0.1) is 6.92 Å². The van der Waals surface area contributed by atoms with E-state index in [1.807, 2.05) is 31.2 Å². The summed E-state index contributed by atoms with van der Waals surface area (Å²) in [6, 6.07) is 17.6. The lowest BCUT2D eigenvalue weighted by molar-refractivity contribution is 0.554. The van der Waals surface area contributed by atoms with Crippen LogP contribution in [0.15, 0.2) is 70.9 Å². The fourth-order valence-corrected chi connectivity index (χ4v) is 3.51. The van der Waals surface area contributed by atoms with Crippen LogP contribution in [-0.2, 0) is 16.6 Å². The van der Waals surface area contributed by atoms with E-state index in [4.69, 9.17) is 11.6 Å². The van der Waals surface area contributed by atoms with E-state index in [-0.39, 0.29) is 18.6 Å². The van der Waals surface area contributed by atoms with Crippen LogP contribution < -0.4 is 10.3 Å². The molecule has 0 aliphatic rings. The van der Waals surface area contributed by atoms with Crippen LogP contribution in [0.25, 0.3) is 17.3 Å². The minimum absolute atomic E-state index is 0.0392. The van der Waals surface area contributed by atoms with Gasteiger partial charge in [0.05, 0.1) is 12.2 Å². The Bertz CT molecular complexity index is 1170. The second-order valence-electron chi connectivity index (χ2n) is 6.44. The van der Waals surface area contributed by atoms with Gasteiger partial charge in [0.25, 0.3) is 5.56 Å². The maximum atomic E-state index is 12.1. The highest BCUT2D eigenvalue weighted by atomic mass is 35.5. The number of nitrogens with one attached hydrogen (secondary N) is 1.